The van der Waals surface area contributed by atoms with Gasteiger partial charge in [-0.1, -0.05) is 6.92 Å². The highest BCUT2D eigenvalue weighted by atomic mass is 16.1. The molecule has 0 aromatic rings. The second kappa shape index (κ2) is 3.47. The van der Waals surface area contributed by atoms with Crippen molar-refractivity contribution in [1.82, 2.24) is 0 Å². The van der Waals surface area contributed by atoms with Crippen LogP contribution in [0.25, 0.3) is 0 Å². The minimum Gasteiger partial charge on any atom is -0.234 e. The minimum absolute atomic E-state index is 0.426. The van der Waals surface area contributed by atoms with Gasteiger partial charge in [0.2, 0.25) is 0 Å². The second-order valence-electron chi connectivity index (χ2n) is 6.87. The van der Waals surface area contributed by atoms with Crippen molar-refractivity contribution < 1.29 is 4.79 Å². The minimum atomic E-state index is 0.426. The molecule has 88 valence electrons. The van der Waals surface area contributed by atoms with Gasteiger partial charge in [-0.15, -0.1) is 0 Å². The molecule has 0 aromatic heterocycles. The third-order valence-electron chi connectivity index (χ3n) is 5.82. The lowest BCUT2D eigenvalue weighted by molar-refractivity contribution is -0.0976. The largest absolute Gasteiger partial charge is 0.234 e. The Morgan fingerprint density at radius 3 is 2.06 bits per heavy atom. The van der Waals surface area contributed by atoms with Crippen molar-refractivity contribution in [2.75, 3.05) is 0 Å². The third-order valence-corrected chi connectivity index (χ3v) is 5.82. The van der Waals surface area contributed by atoms with Crippen LogP contribution >= 0.6 is 0 Å². The molecule has 1 heteroatoms. The average Bonchev–Trinajstić information content (AvgIpc) is 2.25. The summed E-state index contributed by atoms with van der Waals surface area (Å²) >= 11 is 0. The summed E-state index contributed by atoms with van der Waals surface area (Å²) in [6, 6.07) is 0. The summed E-state index contributed by atoms with van der Waals surface area (Å²) in [5, 5.41) is 0. The van der Waals surface area contributed by atoms with Crippen LogP contribution in [0.4, 0.5) is 0 Å². The van der Waals surface area contributed by atoms with Crippen molar-refractivity contribution in [3.63, 3.8) is 0 Å². The molecule has 4 rings (SSSR count). The molecule has 16 heavy (non-hydrogen) atoms. The van der Waals surface area contributed by atoms with Crippen molar-refractivity contribution in [1.29, 1.82) is 0 Å². The standard InChI is InChI=1S/C15H22O/c1-10(9-16)8-15(2)13-4-11-3-12(6-13)7-14(15)5-11/h11-14H,3-8H2,1-2H3. The van der Waals surface area contributed by atoms with Crippen LogP contribution in [0.2, 0.25) is 0 Å². The van der Waals surface area contributed by atoms with E-state index in [-0.39, 0.29) is 0 Å². The number of hydrogen-bond donors (Lipinski definition) is 0. The van der Waals surface area contributed by atoms with Crippen LogP contribution in [-0.2, 0) is 4.79 Å². The van der Waals surface area contributed by atoms with E-state index in [0.717, 1.165) is 35.7 Å². The van der Waals surface area contributed by atoms with Crippen LogP contribution in [0, 0.1) is 29.1 Å². The van der Waals surface area contributed by atoms with Crippen LogP contribution in [0.5, 0.6) is 0 Å². The first-order valence-corrected chi connectivity index (χ1v) is 6.82. The molecule has 0 atom stereocenters. The van der Waals surface area contributed by atoms with Crippen molar-refractivity contribution >= 4 is 5.94 Å². The van der Waals surface area contributed by atoms with Crippen LogP contribution in [0.3, 0.4) is 0 Å². The molecule has 4 aliphatic rings. The smallest absolute Gasteiger partial charge is 0.123 e. The molecule has 0 heterocycles. The summed E-state index contributed by atoms with van der Waals surface area (Å²) in [7, 11) is 0. The van der Waals surface area contributed by atoms with Gasteiger partial charge in [-0.2, -0.15) is 0 Å². The SMILES string of the molecule is CC(=C=O)CC1(C)C2CC3CC(C2)CC1C3. The predicted molar refractivity (Wildman–Crippen MR) is 64.6 cm³/mol. The Labute approximate surface area is 98.3 Å². The molecule has 0 radical (unpaired) electrons. The van der Waals surface area contributed by atoms with Crippen molar-refractivity contribution in [2.24, 2.45) is 29.1 Å². The molecule has 1 nitrogen and oxygen atoms in total. The molecule has 4 bridgehead atoms. The number of allylic oxidation sites excluding steroid dienone is 1. The summed E-state index contributed by atoms with van der Waals surface area (Å²) in [4.78, 5) is 10.8. The van der Waals surface area contributed by atoms with Crippen molar-refractivity contribution in [3.05, 3.63) is 5.57 Å². The Balaban J connectivity index is 1.87. The molecule has 0 unspecified atom stereocenters. The fourth-order valence-corrected chi connectivity index (χ4v) is 5.16. The lowest BCUT2D eigenvalue weighted by atomic mass is 9.45. The highest BCUT2D eigenvalue weighted by molar-refractivity contribution is 5.51. The van der Waals surface area contributed by atoms with Gasteiger partial charge < -0.3 is 0 Å². The number of rotatable bonds is 2. The van der Waals surface area contributed by atoms with Crippen LogP contribution < -0.4 is 0 Å². The molecule has 4 aliphatic carbocycles. The van der Waals surface area contributed by atoms with Crippen molar-refractivity contribution in [3.8, 4) is 0 Å². The summed E-state index contributed by atoms with van der Waals surface area (Å²) in [6.45, 7) is 4.41. The molecular weight excluding hydrogens is 196 g/mol. The average molecular weight is 218 g/mol. The monoisotopic (exact) mass is 218 g/mol. The molecule has 4 fully saturated rings. The Morgan fingerprint density at radius 1 is 1.12 bits per heavy atom. The molecular formula is C15H22O. The highest BCUT2D eigenvalue weighted by Gasteiger charge is 2.54. The van der Waals surface area contributed by atoms with E-state index in [9.17, 15) is 4.79 Å². The predicted octanol–water partition coefficient (Wildman–Crippen LogP) is 3.62. The molecule has 0 amide bonds. The first kappa shape index (κ1) is 10.6. The van der Waals surface area contributed by atoms with Gasteiger partial charge in [-0.25, -0.2) is 4.79 Å². The van der Waals surface area contributed by atoms with Gasteiger partial charge in [0.15, 0.2) is 0 Å². The van der Waals surface area contributed by atoms with Gasteiger partial charge in [0.05, 0.1) is 0 Å². The van der Waals surface area contributed by atoms with E-state index in [4.69, 9.17) is 0 Å². The van der Waals surface area contributed by atoms with E-state index in [1.165, 1.54) is 32.1 Å². The van der Waals surface area contributed by atoms with Gasteiger partial charge in [-0.3, -0.25) is 0 Å². The number of hydrogen-bond acceptors (Lipinski definition) is 1. The van der Waals surface area contributed by atoms with E-state index in [1.54, 1.807) is 0 Å². The van der Waals surface area contributed by atoms with E-state index >= 15 is 0 Å². The summed E-state index contributed by atoms with van der Waals surface area (Å²) in [6.07, 6.45) is 8.27. The molecule has 4 saturated carbocycles. The molecule has 0 aromatic carbocycles. The van der Waals surface area contributed by atoms with Gasteiger partial charge in [-0.05, 0) is 74.5 Å². The fourth-order valence-electron chi connectivity index (χ4n) is 5.16. The lowest BCUT2D eigenvalue weighted by Crippen LogP contribution is -2.51. The van der Waals surface area contributed by atoms with E-state index in [1.807, 2.05) is 6.92 Å². The van der Waals surface area contributed by atoms with Crippen LogP contribution in [0.15, 0.2) is 5.57 Å². The third kappa shape index (κ3) is 1.41. The summed E-state index contributed by atoms with van der Waals surface area (Å²) < 4.78 is 0. The van der Waals surface area contributed by atoms with Gasteiger partial charge >= 0.3 is 0 Å². The molecule has 0 saturated heterocycles. The van der Waals surface area contributed by atoms with Gasteiger partial charge in [0.25, 0.3) is 0 Å². The van der Waals surface area contributed by atoms with E-state index < -0.39 is 0 Å². The Hall–Kier alpha value is -0.550. The maximum Gasteiger partial charge on any atom is 0.123 e. The highest BCUT2D eigenvalue weighted by Crippen LogP contribution is 2.63. The maximum atomic E-state index is 10.8. The van der Waals surface area contributed by atoms with Crippen LogP contribution in [0.1, 0.15) is 52.4 Å². The van der Waals surface area contributed by atoms with Crippen molar-refractivity contribution in [2.45, 2.75) is 52.4 Å². The second-order valence-corrected chi connectivity index (χ2v) is 6.87. The van der Waals surface area contributed by atoms with Crippen LogP contribution in [-0.4, -0.2) is 5.94 Å². The Bertz CT molecular complexity index is 320. The van der Waals surface area contributed by atoms with E-state index in [2.05, 4.69) is 12.9 Å². The topological polar surface area (TPSA) is 17.1 Å². The summed E-state index contributed by atoms with van der Waals surface area (Å²) in [5.74, 6) is 5.95. The zero-order valence-electron chi connectivity index (χ0n) is 10.5. The normalized spacial score (nSPS) is 49.1. The maximum absolute atomic E-state index is 10.8. The summed E-state index contributed by atoms with van der Waals surface area (Å²) in [5.41, 5.74) is 1.37. The van der Waals surface area contributed by atoms with Gasteiger partial charge in [0.1, 0.15) is 5.94 Å². The zero-order valence-corrected chi connectivity index (χ0v) is 10.5. The van der Waals surface area contributed by atoms with E-state index in [0.29, 0.717) is 5.41 Å². The first-order chi connectivity index (χ1) is 7.61. The lowest BCUT2D eigenvalue weighted by Gasteiger charge is -2.60. The Morgan fingerprint density at radius 2 is 1.62 bits per heavy atom. The quantitative estimate of drug-likeness (QED) is 0.647. The van der Waals surface area contributed by atoms with Gasteiger partial charge in [0, 0.05) is 5.57 Å². The number of carbonyl (C=O) groups excluding carboxylic acids is 1. The Kier molecular flexibility index (Phi) is 2.30. The fraction of sp³-hybridized carbons (Fsp3) is 0.867. The molecule has 0 N–H and O–H groups in total. The zero-order chi connectivity index (χ0) is 11.3. The molecule has 0 spiro atoms. The molecule has 0 aliphatic heterocycles. The first-order valence-electron chi connectivity index (χ1n) is 6.82.